The minimum Gasteiger partial charge on any atom is -0.478 e. The molecule has 0 spiro atoms. The highest BCUT2D eigenvalue weighted by atomic mass is 79.9. The number of esters is 1. The first-order valence-electron chi connectivity index (χ1n) is 15.3. The lowest BCUT2D eigenvalue weighted by molar-refractivity contribution is -0.146. The largest absolute Gasteiger partial charge is 0.478 e. The van der Waals surface area contributed by atoms with Crippen LogP contribution >= 0.6 is 15.9 Å². The predicted molar refractivity (Wildman–Crippen MR) is 182 cm³/mol. The van der Waals surface area contributed by atoms with Crippen LogP contribution in [0.15, 0.2) is 76.5 Å². The quantitative estimate of drug-likeness (QED) is 0.123. The molecule has 14 nitrogen and oxygen atoms in total. The van der Waals surface area contributed by atoms with Crippen LogP contribution in [0.2, 0.25) is 0 Å². The summed E-state index contributed by atoms with van der Waals surface area (Å²) in [6.45, 7) is 6.11. The number of carbonyl (C=O) groups is 5. The maximum absolute atomic E-state index is 14.0. The van der Waals surface area contributed by atoms with Crippen LogP contribution in [0.1, 0.15) is 51.4 Å². The number of halogens is 4. The first kappa shape index (κ1) is 39.0. The number of nitrogens with one attached hydrogen (secondary N) is 1. The molecule has 1 aliphatic rings. The number of imide groups is 1. The maximum Gasteiger partial charge on any atom is 0.419 e. The van der Waals surface area contributed by atoms with Gasteiger partial charge in [-0.1, -0.05) is 22.0 Å². The molecule has 0 saturated heterocycles. The third-order valence-electron chi connectivity index (χ3n) is 7.80. The Morgan fingerprint density at radius 1 is 1.12 bits per heavy atom. The molecule has 3 aromatic rings. The van der Waals surface area contributed by atoms with Gasteiger partial charge in [0.1, 0.15) is 0 Å². The number of carboxylic acids is 1. The zero-order valence-corrected chi connectivity index (χ0v) is 29.4. The smallest absolute Gasteiger partial charge is 0.419 e. The van der Waals surface area contributed by atoms with Gasteiger partial charge < -0.3 is 24.8 Å². The zero-order chi connectivity index (χ0) is 38.5. The van der Waals surface area contributed by atoms with E-state index < -0.39 is 66.0 Å². The van der Waals surface area contributed by atoms with Gasteiger partial charge in [0.15, 0.2) is 0 Å². The second-order valence-electron chi connectivity index (χ2n) is 11.4. The van der Waals surface area contributed by atoms with Crippen molar-refractivity contribution < 1.29 is 51.7 Å². The average Bonchev–Trinajstić information content (AvgIpc) is 3.09. The third kappa shape index (κ3) is 8.92. The van der Waals surface area contributed by atoms with Crippen molar-refractivity contribution in [3.05, 3.63) is 110 Å². The third-order valence-corrected chi connectivity index (χ3v) is 8.49. The van der Waals surface area contributed by atoms with E-state index in [1.807, 2.05) is 0 Å². The topological polar surface area (TPSA) is 177 Å². The molecular formula is C34H31BrF3N5O9. The van der Waals surface area contributed by atoms with Crippen LogP contribution < -0.4 is 10.9 Å². The van der Waals surface area contributed by atoms with E-state index in [1.165, 1.54) is 39.8 Å². The second kappa shape index (κ2) is 16.1. The number of benzene rings is 2. The number of carbonyl (C=O) groups excluding carboxylic acids is 4. The SMILES string of the molecule is C=CC(C)Nc1nc2c(c(=O)n1-c1ccc(C(=O)N(C)C(=O)OCOC(=O)/C=C/C(=O)O)cc1)CC(C)N(C(=O)c1ccc(Br)c(C(F)(F)F)c1)C2. The summed E-state index contributed by atoms with van der Waals surface area (Å²) in [5.74, 6) is -3.89. The molecule has 52 heavy (non-hydrogen) atoms. The molecule has 0 bridgehead atoms. The summed E-state index contributed by atoms with van der Waals surface area (Å²) in [4.78, 5) is 81.4. The Hall–Kier alpha value is -5.78. The summed E-state index contributed by atoms with van der Waals surface area (Å²) in [5.41, 5.74) is -0.847. The normalized spacial score (nSPS) is 14.6. The van der Waals surface area contributed by atoms with E-state index in [9.17, 15) is 41.9 Å². The Kier molecular flexibility index (Phi) is 12.0. The number of fused-ring (bicyclic) bond motifs is 1. The van der Waals surface area contributed by atoms with Crippen LogP contribution in [0.5, 0.6) is 0 Å². The molecule has 1 aromatic heterocycles. The number of nitrogens with zero attached hydrogens (tertiary/aromatic N) is 4. The number of alkyl halides is 3. The zero-order valence-electron chi connectivity index (χ0n) is 27.8. The van der Waals surface area contributed by atoms with Crippen LogP contribution in [0.3, 0.4) is 0 Å². The van der Waals surface area contributed by atoms with Crippen molar-refractivity contribution in [3.63, 3.8) is 0 Å². The molecule has 274 valence electrons. The fraction of sp³-hybridized carbons (Fsp3) is 0.265. The Bertz CT molecular complexity index is 2010. The average molecular weight is 791 g/mol. The van der Waals surface area contributed by atoms with E-state index in [-0.39, 0.29) is 51.5 Å². The molecule has 18 heteroatoms. The molecule has 2 unspecified atom stereocenters. The lowest BCUT2D eigenvalue weighted by Gasteiger charge is -2.35. The van der Waals surface area contributed by atoms with Crippen molar-refractivity contribution in [2.45, 2.75) is 45.1 Å². The van der Waals surface area contributed by atoms with E-state index in [1.54, 1.807) is 19.9 Å². The molecule has 0 fully saturated rings. The number of ether oxygens (including phenoxy) is 2. The Labute approximate surface area is 302 Å². The van der Waals surface area contributed by atoms with Crippen LogP contribution in [-0.2, 0) is 38.2 Å². The molecule has 0 saturated carbocycles. The van der Waals surface area contributed by atoms with Gasteiger partial charge in [-0.2, -0.15) is 13.2 Å². The highest BCUT2D eigenvalue weighted by Crippen LogP contribution is 2.36. The number of hydrogen-bond donors (Lipinski definition) is 2. The van der Waals surface area contributed by atoms with Crippen molar-refractivity contribution in [1.29, 1.82) is 0 Å². The standard InChI is InChI=1S/C34H31BrF3N5O9/c1-5-18(2)39-32-40-26-16-42(30(48)21-8-11-25(35)24(15-21)34(36,37)38)19(3)14-23(26)31(49)43(32)22-9-6-20(7-10-22)29(47)41(4)33(50)52-17-51-28(46)13-12-27(44)45/h5-13,15,18-19H,1,14,16-17H2,2-4H3,(H,39,40)(H,44,45)/b13-12+. The summed E-state index contributed by atoms with van der Waals surface area (Å²) in [7, 11) is 1.11. The summed E-state index contributed by atoms with van der Waals surface area (Å²) in [6.07, 6.45) is -3.13. The van der Waals surface area contributed by atoms with Gasteiger partial charge in [0.25, 0.3) is 17.4 Å². The fourth-order valence-corrected chi connectivity index (χ4v) is 5.49. The van der Waals surface area contributed by atoms with E-state index in [0.29, 0.717) is 17.1 Å². The summed E-state index contributed by atoms with van der Waals surface area (Å²) < 4.78 is 51.0. The molecule has 2 N–H and O–H groups in total. The van der Waals surface area contributed by atoms with Gasteiger partial charge in [0, 0.05) is 52.4 Å². The van der Waals surface area contributed by atoms with E-state index in [4.69, 9.17) is 9.84 Å². The van der Waals surface area contributed by atoms with Crippen molar-refractivity contribution in [3.8, 4) is 5.69 Å². The van der Waals surface area contributed by atoms with Gasteiger partial charge in [-0.05, 0) is 62.7 Å². The Morgan fingerprint density at radius 2 is 1.77 bits per heavy atom. The van der Waals surface area contributed by atoms with Gasteiger partial charge in [0.2, 0.25) is 12.7 Å². The number of amides is 3. The van der Waals surface area contributed by atoms with Crippen molar-refractivity contribution in [2.24, 2.45) is 0 Å². The Morgan fingerprint density at radius 3 is 2.38 bits per heavy atom. The number of hydrogen-bond acceptors (Lipinski definition) is 10. The van der Waals surface area contributed by atoms with Gasteiger partial charge in [-0.15, -0.1) is 6.58 Å². The van der Waals surface area contributed by atoms with Crippen LogP contribution in [-0.4, -0.2) is 80.2 Å². The van der Waals surface area contributed by atoms with Gasteiger partial charge >= 0.3 is 24.2 Å². The van der Waals surface area contributed by atoms with Crippen LogP contribution in [0.4, 0.5) is 23.9 Å². The Balaban J connectivity index is 1.59. The summed E-state index contributed by atoms with van der Waals surface area (Å²) in [6, 6.07) is 7.80. The van der Waals surface area contributed by atoms with Crippen molar-refractivity contribution in [1.82, 2.24) is 19.4 Å². The molecule has 1 aliphatic heterocycles. The molecule has 2 atom stereocenters. The summed E-state index contributed by atoms with van der Waals surface area (Å²) in [5, 5.41) is 11.6. The minimum atomic E-state index is -4.69. The number of anilines is 1. The molecule has 2 aromatic carbocycles. The molecule has 3 amide bonds. The van der Waals surface area contributed by atoms with E-state index in [0.717, 1.165) is 19.2 Å². The maximum atomic E-state index is 14.0. The molecule has 2 heterocycles. The minimum absolute atomic E-state index is 0.0157. The molecular weight excluding hydrogens is 759 g/mol. The lowest BCUT2D eigenvalue weighted by atomic mass is 9.98. The van der Waals surface area contributed by atoms with Gasteiger partial charge in [-0.25, -0.2) is 28.8 Å². The highest BCUT2D eigenvalue weighted by molar-refractivity contribution is 9.10. The van der Waals surface area contributed by atoms with E-state index in [2.05, 4.69) is 37.5 Å². The first-order valence-corrected chi connectivity index (χ1v) is 16.1. The predicted octanol–water partition coefficient (Wildman–Crippen LogP) is 4.94. The fourth-order valence-electron chi connectivity index (χ4n) is 5.02. The second-order valence-corrected chi connectivity index (χ2v) is 12.3. The molecule has 0 aliphatic carbocycles. The van der Waals surface area contributed by atoms with E-state index >= 15 is 0 Å². The molecule has 0 radical (unpaired) electrons. The van der Waals surface area contributed by atoms with Crippen molar-refractivity contribution >= 4 is 51.7 Å². The van der Waals surface area contributed by atoms with Crippen molar-refractivity contribution in [2.75, 3.05) is 19.2 Å². The number of aliphatic carboxylic acids is 1. The lowest BCUT2D eigenvalue weighted by Crippen LogP contribution is -2.46. The van der Waals surface area contributed by atoms with Crippen LogP contribution in [0.25, 0.3) is 5.69 Å². The monoisotopic (exact) mass is 789 g/mol. The summed E-state index contributed by atoms with van der Waals surface area (Å²) >= 11 is 2.88. The number of aromatic nitrogens is 2. The first-order chi connectivity index (χ1) is 24.4. The molecule has 4 rings (SSSR count). The van der Waals surface area contributed by atoms with Gasteiger partial charge in [-0.3, -0.25) is 14.4 Å². The number of carboxylic acid groups (broad SMARTS) is 1. The number of rotatable bonds is 10. The highest BCUT2D eigenvalue weighted by Gasteiger charge is 2.36. The van der Waals surface area contributed by atoms with Crippen LogP contribution in [0, 0.1) is 0 Å². The van der Waals surface area contributed by atoms with Gasteiger partial charge in [0.05, 0.1) is 23.5 Å².